The van der Waals surface area contributed by atoms with Crippen molar-refractivity contribution < 1.29 is 9.90 Å². The van der Waals surface area contributed by atoms with Gasteiger partial charge in [0.15, 0.2) is 0 Å². The average molecular weight is 286 g/mol. The molecule has 1 rings (SSSR count). The molecule has 1 aromatic rings. The molecule has 0 unspecified atom stereocenters. The average Bonchev–Trinajstić information content (AvgIpc) is 2.53. The lowest BCUT2D eigenvalue weighted by Gasteiger charge is -2.20. The van der Waals surface area contributed by atoms with Crippen molar-refractivity contribution in [1.82, 2.24) is 4.90 Å². The van der Waals surface area contributed by atoms with Crippen molar-refractivity contribution in [2.24, 2.45) is 0 Å². The Balaban J connectivity index is 2.55. The maximum atomic E-state index is 12.1. The summed E-state index contributed by atoms with van der Waals surface area (Å²) >= 11 is 0. The quantitative estimate of drug-likeness (QED) is 0.749. The third kappa shape index (κ3) is 5.94. The first-order valence-electron chi connectivity index (χ1n) is 6.66. The summed E-state index contributed by atoms with van der Waals surface area (Å²) in [4.78, 5) is 13.6. The van der Waals surface area contributed by atoms with Crippen LogP contribution in [0.5, 0.6) is 0 Å². The van der Waals surface area contributed by atoms with E-state index in [1.807, 2.05) is 12.1 Å². The van der Waals surface area contributed by atoms with Gasteiger partial charge in [0.25, 0.3) is 0 Å². The zero-order chi connectivity index (χ0) is 15.5. The van der Waals surface area contributed by atoms with Gasteiger partial charge in [0.2, 0.25) is 5.91 Å². The van der Waals surface area contributed by atoms with E-state index in [1.54, 1.807) is 24.3 Å². The summed E-state index contributed by atoms with van der Waals surface area (Å²) in [7, 11) is 0. The summed E-state index contributed by atoms with van der Waals surface area (Å²) in [6, 6.07) is 11.1. The molecule has 0 bridgehead atoms. The highest BCUT2D eigenvalue weighted by atomic mass is 16.3. The van der Waals surface area contributed by atoms with Gasteiger partial charge in [-0.2, -0.15) is 10.5 Å². The van der Waals surface area contributed by atoms with Gasteiger partial charge in [-0.1, -0.05) is 12.1 Å². The minimum absolute atomic E-state index is 0.0556. The zero-order valence-corrected chi connectivity index (χ0v) is 11.7. The van der Waals surface area contributed by atoms with Crippen LogP contribution in [-0.4, -0.2) is 35.5 Å². The van der Waals surface area contributed by atoms with Crippen molar-refractivity contribution in [3.63, 3.8) is 0 Å². The van der Waals surface area contributed by atoms with Crippen molar-refractivity contribution in [1.29, 1.82) is 10.5 Å². The summed E-state index contributed by atoms with van der Waals surface area (Å²) in [5.74, 6) is -0.157. The number of amides is 1. The van der Waals surface area contributed by atoms with Crippen molar-refractivity contribution in [3.05, 3.63) is 29.8 Å². The van der Waals surface area contributed by atoms with Gasteiger partial charge in [0, 0.05) is 18.8 Å². The van der Waals surface area contributed by atoms with E-state index in [0.717, 1.165) is 11.3 Å². The standard InChI is InChI=1S/C15H18N4O2/c16-6-2-8-19(9-3-7-17)15(21)11-18-14-5-1-4-13(10-14)12-20/h1,4-5,10,18,20H,2-3,8-9,11-12H2. The zero-order valence-electron chi connectivity index (χ0n) is 11.7. The maximum Gasteiger partial charge on any atom is 0.241 e. The lowest BCUT2D eigenvalue weighted by atomic mass is 10.2. The first kappa shape index (κ1) is 16.5. The summed E-state index contributed by atoms with van der Waals surface area (Å²) in [6.07, 6.45) is 0.494. The SMILES string of the molecule is N#CCCN(CCC#N)C(=O)CNc1cccc(CO)c1. The minimum atomic E-state index is -0.157. The van der Waals surface area contributed by atoms with Crippen LogP contribution in [0, 0.1) is 22.7 Å². The molecule has 0 heterocycles. The second-order valence-electron chi connectivity index (χ2n) is 4.41. The predicted octanol–water partition coefficient (Wildman–Crippen LogP) is 1.25. The Kier molecular flexibility index (Phi) is 7.34. The second-order valence-corrected chi connectivity index (χ2v) is 4.41. The molecule has 0 fully saturated rings. The summed E-state index contributed by atoms with van der Waals surface area (Å²) in [5.41, 5.74) is 1.51. The van der Waals surface area contributed by atoms with Crippen molar-refractivity contribution in [2.45, 2.75) is 19.4 Å². The number of carbonyl (C=O) groups is 1. The molecule has 0 aromatic heterocycles. The van der Waals surface area contributed by atoms with Gasteiger partial charge in [-0.25, -0.2) is 0 Å². The highest BCUT2D eigenvalue weighted by Crippen LogP contribution is 2.10. The van der Waals surface area contributed by atoms with Crippen LogP contribution in [0.3, 0.4) is 0 Å². The first-order valence-corrected chi connectivity index (χ1v) is 6.66. The van der Waals surface area contributed by atoms with E-state index in [9.17, 15) is 4.79 Å². The van der Waals surface area contributed by atoms with Crippen LogP contribution in [0.25, 0.3) is 0 Å². The molecule has 0 aliphatic rings. The fraction of sp³-hybridized carbons (Fsp3) is 0.400. The van der Waals surface area contributed by atoms with Crippen LogP contribution in [-0.2, 0) is 11.4 Å². The Morgan fingerprint density at radius 3 is 2.48 bits per heavy atom. The smallest absolute Gasteiger partial charge is 0.241 e. The van der Waals surface area contributed by atoms with E-state index in [2.05, 4.69) is 5.32 Å². The van der Waals surface area contributed by atoms with Gasteiger partial charge in [-0.3, -0.25) is 4.79 Å². The van der Waals surface area contributed by atoms with Crippen LogP contribution in [0.4, 0.5) is 5.69 Å². The van der Waals surface area contributed by atoms with Gasteiger partial charge < -0.3 is 15.3 Å². The first-order chi connectivity index (χ1) is 10.2. The molecule has 0 atom stereocenters. The van der Waals surface area contributed by atoms with E-state index in [-0.39, 0.29) is 31.9 Å². The third-order valence-corrected chi connectivity index (χ3v) is 2.89. The number of nitrogens with one attached hydrogen (secondary N) is 1. The number of carbonyl (C=O) groups excluding carboxylic acids is 1. The molecule has 6 heteroatoms. The Morgan fingerprint density at radius 1 is 1.24 bits per heavy atom. The molecule has 0 aliphatic heterocycles. The normalized spacial score (nSPS) is 9.48. The topological polar surface area (TPSA) is 100 Å². The minimum Gasteiger partial charge on any atom is -0.392 e. The number of anilines is 1. The van der Waals surface area contributed by atoms with Crippen LogP contribution >= 0.6 is 0 Å². The number of rotatable bonds is 8. The molecule has 0 spiro atoms. The van der Waals surface area contributed by atoms with Crippen LogP contribution < -0.4 is 5.32 Å². The summed E-state index contributed by atoms with van der Waals surface area (Å²) in [5, 5.41) is 29.2. The number of hydrogen-bond acceptors (Lipinski definition) is 5. The van der Waals surface area contributed by atoms with E-state index in [1.165, 1.54) is 4.90 Å². The van der Waals surface area contributed by atoms with Gasteiger partial charge in [0.1, 0.15) is 0 Å². The monoisotopic (exact) mass is 286 g/mol. The number of nitriles is 2. The van der Waals surface area contributed by atoms with E-state index in [0.29, 0.717) is 13.1 Å². The highest BCUT2D eigenvalue weighted by molar-refractivity contribution is 5.80. The number of aliphatic hydroxyl groups is 1. The molecule has 0 aliphatic carbocycles. The maximum absolute atomic E-state index is 12.1. The third-order valence-electron chi connectivity index (χ3n) is 2.89. The predicted molar refractivity (Wildman–Crippen MR) is 77.9 cm³/mol. The van der Waals surface area contributed by atoms with Gasteiger partial charge >= 0.3 is 0 Å². The Bertz CT molecular complexity index is 527. The second kappa shape index (κ2) is 9.35. The number of benzene rings is 1. The fourth-order valence-corrected chi connectivity index (χ4v) is 1.80. The molecule has 6 nitrogen and oxygen atoms in total. The lowest BCUT2D eigenvalue weighted by molar-refractivity contribution is -0.129. The fourth-order valence-electron chi connectivity index (χ4n) is 1.80. The van der Waals surface area contributed by atoms with Gasteiger partial charge in [0.05, 0.1) is 38.1 Å². The molecular formula is C15H18N4O2. The van der Waals surface area contributed by atoms with Crippen molar-refractivity contribution in [2.75, 3.05) is 25.0 Å². The molecule has 1 amide bonds. The molecule has 0 radical (unpaired) electrons. The molecule has 0 saturated carbocycles. The van der Waals surface area contributed by atoms with E-state index >= 15 is 0 Å². The highest BCUT2D eigenvalue weighted by Gasteiger charge is 2.12. The Morgan fingerprint density at radius 2 is 1.90 bits per heavy atom. The lowest BCUT2D eigenvalue weighted by Crippen LogP contribution is -2.36. The van der Waals surface area contributed by atoms with E-state index < -0.39 is 0 Å². The molecule has 1 aromatic carbocycles. The molecule has 21 heavy (non-hydrogen) atoms. The van der Waals surface area contributed by atoms with Gasteiger partial charge in [-0.15, -0.1) is 0 Å². The van der Waals surface area contributed by atoms with Crippen molar-refractivity contribution >= 4 is 11.6 Å². The summed E-state index contributed by atoms with van der Waals surface area (Å²) < 4.78 is 0. The summed E-state index contributed by atoms with van der Waals surface area (Å²) in [6.45, 7) is 0.691. The van der Waals surface area contributed by atoms with Crippen LogP contribution in [0.2, 0.25) is 0 Å². The Labute approximate surface area is 124 Å². The largest absolute Gasteiger partial charge is 0.392 e. The molecule has 2 N–H and O–H groups in total. The number of hydrogen-bond donors (Lipinski definition) is 2. The van der Waals surface area contributed by atoms with Crippen molar-refractivity contribution in [3.8, 4) is 12.1 Å². The number of aliphatic hydroxyl groups excluding tert-OH is 1. The molecular weight excluding hydrogens is 268 g/mol. The van der Waals surface area contributed by atoms with Gasteiger partial charge in [-0.05, 0) is 17.7 Å². The molecule has 0 saturated heterocycles. The molecule has 110 valence electrons. The van der Waals surface area contributed by atoms with Crippen LogP contribution in [0.1, 0.15) is 18.4 Å². The number of nitrogens with zero attached hydrogens (tertiary/aromatic N) is 3. The van der Waals surface area contributed by atoms with E-state index in [4.69, 9.17) is 15.6 Å². The van der Waals surface area contributed by atoms with Crippen LogP contribution in [0.15, 0.2) is 24.3 Å². The Hall–Kier alpha value is -2.57.